The highest BCUT2D eigenvalue weighted by atomic mass is 31.2. The number of hydrogen-bond acceptors (Lipinski definition) is 7. The third-order valence-electron chi connectivity index (χ3n) is 4.05. The second kappa shape index (κ2) is 9.98. The van der Waals surface area contributed by atoms with Crippen LogP contribution in [0.25, 0.3) is 0 Å². The van der Waals surface area contributed by atoms with Gasteiger partial charge in [0, 0.05) is 21.3 Å². The van der Waals surface area contributed by atoms with Gasteiger partial charge in [-0.1, -0.05) is 0 Å². The molecule has 24 heavy (non-hydrogen) atoms. The Morgan fingerprint density at radius 2 is 1.96 bits per heavy atom. The fraction of sp³-hybridized carbons (Fsp3) is 0.938. The van der Waals surface area contributed by atoms with Crippen LogP contribution in [0.2, 0.25) is 0 Å². The molecule has 0 N–H and O–H groups in total. The summed E-state index contributed by atoms with van der Waals surface area (Å²) in [5.74, 6) is 0. The molecule has 0 spiro atoms. The van der Waals surface area contributed by atoms with Gasteiger partial charge in [0.2, 0.25) is 0 Å². The Kier molecular flexibility index (Phi) is 7.68. The van der Waals surface area contributed by atoms with Gasteiger partial charge < -0.3 is 27.8 Å². The molecule has 0 aromatic rings. The van der Waals surface area contributed by atoms with E-state index in [1.54, 1.807) is 7.11 Å². The first-order valence-electron chi connectivity index (χ1n) is 9.00. The zero-order valence-electron chi connectivity index (χ0n) is 15.6. The van der Waals surface area contributed by atoms with E-state index in [9.17, 15) is 0 Å². The van der Waals surface area contributed by atoms with Gasteiger partial charge in [-0.2, -0.15) is 5.26 Å². The number of nitrogens with zero attached hydrogens (tertiary/aromatic N) is 1. The predicted molar refractivity (Wildman–Crippen MR) is 88.3 cm³/mol. The van der Waals surface area contributed by atoms with Gasteiger partial charge in [0.15, 0.2) is 0 Å². The van der Waals surface area contributed by atoms with E-state index in [4.69, 9.17) is 34.4 Å². The maximum Gasteiger partial charge on any atom is 0.333 e. The summed E-state index contributed by atoms with van der Waals surface area (Å²) in [6.07, 6.45) is 1.28. The lowest BCUT2D eigenvalue weighted by molar-refractivity contribution is -0.0324. The standard InChI is InChI=1S/C16H28NO6P/c1-11-8-14(13(3)21-11)23-24(19-7-5-6-17)20-10-16-15(18-4)9-12(2)22-16/h11-16H,5,7-10H2,1-4H3/t11-,12-,13+,14+,15+,16+,24?/m0/s1/i3D. The molecule has 7 nitrogen and oxygen atoms in total. The van der Waals surface area contributed by atoms with Crippen molar-refractivity contribution in [2.75, 3.05) is 20.3 Å². The fourth-order valence-corrected chi connectivity index (χ4v) is 4.00. The van der Waals surface area contributed by atoms with Gasteiger partial charge in [0.05, 0.1) is 56.2 Å². The molecule has 2 rings (SSSR count). The molecule has 2 fully saturated rings. The Labute approximate surface area is 146 Å². The van der Waals surface area contributed by atoms with Gasteiger partial charge in [0.25, 0.3) is 0 Å². The first-order chi connectivity index (χ1) is 12.1. The van der Waals surface area contributed by atoms with Crippen LogP contribution in [0.1, 0.15) is 41.4 Å². The molecule has 0 amide bonds. The molecular weight excluding hydrogens is 333 g/mol. The zero-order valence-corrected chi connectivity index (χ0v) is 15.4. The van der Waals surface area contributed by atoms with Crippen molar-refractivity contribution < 1.29 is 29.2 Å². The van der Waals surface area contributed by atoms with E-state index in [-0.39, 0.29) is 56.6 Å². The molecule has 1 unspecified atom stereocenters. The van der Waals surface area contributed by atoms with E-state index in [0.29, 0.717) is 13.0 Å². The Hall–Kier alpha value is -0.320. The average molecular weight is 362 g/mol. The largest absolute Gasteiger partial charge is 0.379 e. The summed E-state index contributed by atoms with van der Waals surface area (Å²) < 4.78 is 41.9. The molecule has 0 bridgehead atoms. The van der Waals surface area contributed by atoms with Crippen LogP contribution in [0, 0.1) is 11.3 Å². The summed E-state index contributed by atoms with van der Waals surface area (Å²) in [5.41, 5.74) is 0. The van der Waals surface area contributed by atoms with E-state index in [2.05, 4.69) is 0 Å². The second-order valence-corrected chi connectivity index (χ2v) is 7.29. The first-order valence-corrected chi connectivity index (χ1v) is 9.39. The highest BCUT2D eigenvalue weighted by Crippen LogP contribution is 2.45. The number of hydrogen-bond donors (Lipinski definition) is 0. The van der Waals surface area contributed by atoms with Gasteiger partial charge >= 0.3 is 8.60 Å². The lowest BCUT2D eigenvalue weighted by Gasteiger charge is -2.24. The monoisotopic (exact) mass is 362 g/mol. The van der Waals surface area contributed by atoms with Crippen LogP contribution in [0.4, 0.5) is 0 Å². The summed E-state index contributed by atoms with van der Waals surface area (Å²) in [4.78, 5) is 0. The molecule has 2 heterocycles. The van der Waals surface area contributed by atoms with Crippen molar-refractivity contribution in [3.63, 3.8) is 0 Å². The van der Waals surface area contributed by atoms with Gasteiger partial charge in [-0.05, 0) is 20.7 Å². The van der Waals surface area contributed by atoms with Crippen LogP contribution in [-0.4, -0.2) is 56.9 Å². The van der Waals surface area contributed by atoms with Crippen LogP contribution in [-0.2, 0) is 27.8 Å². The lowest BCUT2D eigenvalue weighted by Crippen LogP contribution is -2.28. The highest BCUT2D eigenvalue weighted by molar-refractivity contribution is 7.41. The van der Waals surface area contributed by atoms with Crippen molar-refractivity contribution in [3.05, 3.63) is 0 Å². The maximum absolute atomic E-state index is 8.69. The Balaban J connectivity index is 1.87. The summed E-state index contributed by atoms with van der Waals surface area (Å²) in [6, 6.07) is 2.04. The van der Waals surface area contributed by atoms with E-state index in [0.717, 1.165) is 6.42 Å². The average Bonchev–Trinajstić information content (AvgIpc) is 3.14. The number of ether oxygens (including phenoxy) is 3. The molecule has 2 saturated heterocycles. The van der Waals surface area contributed by atoms with Gasteiger partial charge in [0.1, 0.15) is 6.10 Å². The quantitative estimate of drug-likeness (QED) is 0.461. The topological polar surface area (TPSA) is 79.2 Å². The third kappa shape index (κ3) is 5.89. The van der Waals surface area contributed by atoms with E-state index in [1.807, 2.05) is 19.9 Å². The molecule has 0 aromatic heterocycles. The highest BCUT2D eigenvalue weighted by Gasteiger charge is 2.36. The second-order valence-electron chi connectivity index (χ2n) is 6.12. The van der Waals surface area contributed by atoms with Crippen molar-refractivity contribution >= 4 is 8.60 Å². The van der Waals surface area contributed by atoms with Crippen LogP contribution in [0.5, 0.6) is 0 Å². The summed E-state index contributed by atoms with van der Waals surface area (Å²) in [6.45, 7) is 4.64. The lowest BCUT2D eigenvalue weighted by atomic mass is 10.1. The van der Waals surface area contributed by atoms with Crippen LogP contribution < -0.4 is 0 Å². The molecule has 0 aliphatic carbocycles. The molecule has 8 heteroatoms. The minimum atomic E-state index is -1.64. The molecule has 2 aliphatic heterocycles. The Bertz CT molecular complexity index is 439. The Morgan fingerprint density at radius 3 is 2.67 bits per heavy atom. The van der Waals surface area contributed by atoms with Crippen molar-refractivity contribution in [2.24, 2.45) is 0 Å². The summed E-state index contributed by atoms with van der Waals surface area (Å²) in [5, 5.41) is 8.69. The fourth-order valence-electron chi connectivity index (χ4n) is 2.86. The SMILES string of the molecule is [2H]C[C@H]1O[C@@H](C)C[C@H]1OP(OCCC#N)OC[C@H]1O[C@@H](C)C[C@H]1OC. The first kappa shape index (κ1) is 18.5. The van der Waals surface area contributed by atoms with Gasteiger partial charge in [-0.3, -0.25) is 0 Å². The van der Waals surface area contributed by atoms with Gasteiger partial charge in [-0.25, -0.2) is 0 Å². The third-order valence-corrected chi connectivity index (χ3v) is 5.25. The summed E-state index contributed by atoms with van der Waals surface area (Å²) >= 11 is 0. The van der Waals surface area contributed by atoms with Crippen molar-refractivity contribution in [1.29, 1.82) is 5.26 Å². The Morgan fingerprint density at radius 1 is 1.21 bits per heavy atom. The van der Waals surface area contributed by atoms with Crippen LogP contribution in [0.15, 0.2) is 0 Å². The summed E-state index contributed by atoms with van der Waals surface area (Å²) in [7, 11) is 0.0254. The predicted octanol–water partition coefficient (Wildman–Crippen LogP) is 2.94. The van der Waals surface area contributed by atoms with E-state index in [1.165, 1.54) is 0 Å². The number of rotatable bonds is 9. The molecule has 0 radical (unpaired) electrons. The zero-order chi connectivity index (χ0) is 18.2. The maximum atomic E-state index is 8.69. The molecule has 0 saturated carbocycles. The van der Waals surface area contributed by atoms with Crippen LogP contribution >= 0.6 is 8.60 Å². The smallest absolute Gasteiger partial charge is 0.333 e. The molecule has 7 atom stereocenters. The minimum Gasteiger partial charge on any atom is -0.379 e. The van der Waals surface area contributed by atoms with E-state index >= 15 is 0 Å². The van der Waals surface area contributed by atoms with Crippen molar-refractivity contribution in [2.45, 2.75) is 76.6 Å². The van der Waals surface area contributed by atoms with Gasteiger partial charge in [-0.15, -0.1) is 0 Å². The van der Waals surface area contributed by atoms with Crippen molar-refractivity contribution in [1.82, 2.24) is 0 Å². The van der Waals surface area contributed by atoms with Crippen LogP contribution in [0.3, 0.4) is 0 Å². The molecular formula is C16H28NO6P. The normalized spacial score (nSPS) is 38.0. The molecule has 0 aromatic carbocycles. The molecule has 2 aliphatic rings. The number of methoxy groups -OCH3 is 1. The molecule has 138 valence electrons. The minimum absolute atomic E-state index is 0.0122. The number of nitriles is 1. The van der Waals surface area contributed by atoms with Crippen molar-refractivity contribution in [3.8, 4) is 6.07 Å². The van der Waals surface area contributed by atoms with E-state index < -0.39 is 8.60 Å².